The molecule has 0 amide bonds. The molecule has 0 aliphatic heterocycles. The van der Waals surface area contributed by atoms with E-state index in [-0.39, 0.29) is 11.4 Å². The van der Waals surface area contributed by atoms with Gasteiger partial charge in [0.15, 0.2) is 6.29 Å². The van der Waals surface area contributed by atoms with Crippen LogP contribution in [0.4, 0.5) is 13.2 Å². The first-order valence-electron chi connectivity index (χ1n) is 5.54. The molecule has 0 saturated carbocycles. The summed E-state index contributed by atoms with van der Waals surface area (Å²) in [6.45, 7) is 1.79. The fourth-order valence-electron chi connectivity index (χ4n) is 1.69. The first-order chi connectivity index (χ1) is 8.97. The fraction of sp³-hybridized carbons (Fsp3) is 0.250. The van der Waals surface area contributed by atoms with Crippen LogP contribution in [0.1, 0.15) is 28.7 Å². The van der Waals surface area contributed by atoms with Crippen molar-refractivity contribution >= 4 is 6.29 Å². The van der Waals surface area contributed by atoms with Crippen molar-refractivity contribution in [2.75, 3.05) is 0 Å². The first-order valence-corrected chi connectivity index (χ1v) is 5.54. The van der Waals surface area contributed by atoms with Gasteiger partial charge in [-0.25, -0.2) is 4.68 Å². The largest absolute Gasteiger partial charge is 0.416 e. The van der Waals surface area contributed by atoms with Gasteiger partial charge in [0.1, 0.15) is 5.69 Å². The third kappa shape index (κ3) is 2.49. The van der Waals surface area contributed by atoms with Crippen LogP contribution in [-0.4, -0.2) is 21.3 Å². The molecule has 1 aromatic heterocycles. The molecule has 4 nitrogen and oxygen atoms in total. The van der Waals surface area contributed by atoms with E-state index in [0.717, 1.165) is 16.8 Å². The lowest BCUT2D eigenvalue weighted by Crippen LogP contribution is -2.08. The summed E-state index contributed by atoms with van der Waals surface area (Å²) in [4.78, 5) is 11.0. The molecule has 1 heterocycles. The Bertz CT molecular complexity index is 605. The van der Waals surface area contributed by atoms with Gasteiger partial charge in [0.2, 0.25) is 0 Å². The molecule has 0 fully saturated rings. The van der Waals surface area contributed by atoms with Crippen molar-refractivity contribution in [2.45, 2.75) is 19.5 Å². The Labute approximate surface area is 106 Å². The molecule has 0 bridgehead atoms. The zero-order valence-electron chi connectivity index (χ0n) is 9.98. The number of aryl methyl sites for hydroxylation is 1. The summed E-state index contributed by atoms with van der Waals surface area (Å²) >= 11 is 0. The van der Waals surface area contributed by atoms with Crippen molar-refractivity contribution in [1.29, 1.82) is 0 Å². The summed E-state index contributed by atoms with van der Waals surface area (Å²) in [6, 6.07) is 4.60. The van der Waals surface area contributed by atoms with Gasteiger partial charge in [-0.15, -0.1) is 5.10 Å². The second-order valence-corrected chi connectivity index (χ2v) is 3.85. The van der Waals surface area contributed by atoms with Crippen molar-refractivity contribution in [2.24, 2.45) is 0 Å². The lowest BCUT2D eigenvalue weighted by atomic mass is 10.2. The lowest BCUT2D eigenvalue weighted by Gasteiger charge is -2.09. The number of aldehydes is 1. The van der Waals surface area contributed by atoms with Gasteiger partial charge >= 0.3 is 6.18 Å². The molecule has 0 atom stereocenters. The maximum absolute atomic E-state index is 12.6. The van der Waals surface area contributed by atoms with E-state index in [1.54, 1.807) is 6.92 Å². The minimum Gasteiger partial charge on any atom is -0.296 e. The molecule has 2 aromatic rings. The molecule has 2 rings (SSSR count). The summed E-state index contributed by atoms with van der Waals surface area (Å²) in [5, 5.41) is 7.49. The molecular weight excluding hydrogens is 259 g/mol. The summed E-state index contributed by atoms with van der Waals surface area (Å²) in [5.74, 6) is 0. The summed E-state index contributed by atoms with van der Waals surface area (Å²) < 4.78 is 39.0. The van der Waals surface area contributed by atoms with E-state index < -0.39 is 11.7 Å². The highest BCUT2D eigenvalue weighted by Crippen LogP contribution is 2.30. The van der Waals surface area contributed by atoms with Gasteiger partial charge in [-0.3, -0.25) is 4.79 Å². The van der Waals surface area contributed by atoms with E-state index in [1.807, 2.05) is 0 Å². The molecule has 0 radical (unpaired) electrons. The second kappa shape index (κ2) is 4.83. The van der Waals surface area contributed by atoms with Crippen LogP contribution >= 0.6 is 0 Å². The van der Waals surface area contributed by atoms with Gasteiger partial charge in [-0.2, -0.15) is 13.2 Å². The average Bonchev–Trinajstić information content (AvgIpc) is 2.80. The van der Waals surface area contributed by atoms with E-state index >= 15 is 0 Å². The number of nitrogens with zero attached hydrogens (tertiary/aromatic N) is 3. The van der Waals surface area contributed by atoms with E-state index in [4.69, 9.17) is 0 Å². The number of aromatic nitrogens is 3. The Kier molecular flexibility index (Phi) is 3.37. The quantitative estimate of drug-likeness (QED) is 0.805. The third-order valence-electron chi connectivity index (χ3n) is 2.64. The Morgan fingerprint density at radius 2 is 2.11 bits per heavy atom. The lowest BCUT2D eigenvalue weighted by molar-refractivity contribution is -0.137. The van der Waals surface area contributed by atoms with Crippen LogP contribution in [0.3, 0.4) is 0 Å². The topological polar surface area (TPSA) is 47.8 Å². The molecule has 19 heavy (non-hydrogen) atoms. The van der Waals surface area contributed by atoms with E-state index in [2.05, 4.69) is 10.3 Å². The number of carbonyl (C=O) groups excluding carboxylic acids is 1. The number of hydrogen-bond acceptors (Lipinski definition) is 3. The molecule has 0 saturated heterocycles. The standard InChI is InChI=1S/C12H10F3N3O/c1-2-10-11(7-19)18(17-16-10)9-5-3-4-8(6-9)12(13,14)15/h3-7H,2H2,1H3. The summed E-state index contributed by atoms with van der Waals surface area (Å²) in [6.07, 6.45) is -3.42. The van der Waals surface area contributed by atoms with Crippen molar-refractivity contribution in [3.05, 3.63) is 41.2 Å². The Morgan fingerprint density at radius 3 is 2.68 bits per heavy atom. The molecule has 7 heteroatoms. The van der Waals surface area contributed by atoms with Gasteiger partial charge in [-0.1, -0.05) is 18.2 Å². The second-order valence-electron chi connectivity index (χ2n) is 3.85. The van der Waals surface area contributed by atoms with Crippen LogP contribution in [0.25, 0.3) is 5.69 Å². The molecular formula is C12H10F3N3O. The van der Waals surface area contributed by atoms with Crippen LogP contribution in [0, 0.1) is 0 Å². The number of halogens is 3. The van der Waals surface area contributed by atoms with Crippen LogP contribution < -0.4 is 0 Å². The summed E-state index contributed by atoms with van der Waals surface area (Å²) in [7, 11) is 0. The number of rotatable bonds is 3. The van der Waals surface area contributed by atoms with E-state index in [9.17, 15) is 18.0 Å². The summed E-state index contributed by atoms with van der Waals surface area (Å²) in [5.41, 5.74) is -0.0197. The highest BCUT2D eigenvalue weighted by atomic mass is 19.4. The van der Waals surface area contributed by atoms with Crippen molar-refractivity contribution in [3.63, 3.8) is 0 Å². The van der Waals surface area contributed by atoms with E-state index in [0.29, 0.717) is 18.4 Å². The highest BCUT2D eigenvalue weighted by Gasteiger charge is 2.30. The average molecular weight is 269 g/mol. The maximum atomic E-state index is 12.6. The van der Waals surface area contributed by atoms with Crippen LogP contribution in [0.5, 0.6) is 0 Å². The van der Waals surface area contributed by atoms with Crippen LogP contribution in [-0.2, 0) is 12.6 Å². The third-order valence-corrected chi connectivity index (χ3v) is 2.64. The van der Waals surface area contributed by atoms with Crippen molar-refractivity contribution in [1.82, 2.24) is 15.0 Å². The maximum Gasteiger partial charge on any atom is 0.416 e. The SMILES string of the molecule is CCc1nnn(-c2cccc(C(F)(F)F)c2)c1C=O. The molecule has 0 unspecified atom stereocenters. The predicted octanol–water partition coefficient (Wildman–Crippen LogP) is 2.66. The number of alkyl halides is 3. The minimum atomic E-state index is -4.44. The van der Waals surface area contributed by atoms with Gasteiger partial charge in [0.05, 0.1) is 16.9 Å². The Balaban J connectivity index is 2.54. The molecule has 0 spiro atoms. The zero-order chi connectivity index (χ0) is 14.0. The minimum absolute atomic E-state index is 0.157. The van der Waals surface area contributed by atoms with Crippen LogP contribution in [0.2, 0.25) is 0 Å². The van der Waals surface area contributed by atoms with Gasteiger partial charge in [0, 0.05) is 0 Å². The molecule has 100 valence electrons. The monoisotopic (exact) mass is 269 g/mol. The fourth-order valence-corrected chi connectivity index (χ4v) is 1.69. The van der Waals surface area contributed by atoms with Gasteiger partial charge in [0.25, 0.3) is 0 Å². The predicted molar refractivity (Wildman–Crippen MR) is 61.1 cm³/mol. The van der Waals surface area contributed by atoms with Crippen molar-refractivity contribution < 1.29 is 18.0 Å². The Morgan fingerprint density at radius 1 is 1.37 bits per heavy atom. The zero-order valence-corrected chi connectivity index (χ0v) is 9.98. The van der Waals surface area contributed by atoms with Gasteiger partial charge in [-0.05, 0) is 24.6 Å². The first kappa shape index (κ1) is 13.3. The van der Waals surface area contributed by atoms with Crippen molar-refractivity contribution in [3.8, 4) is 5.69 Å². The number of carbonyl (C=O) groups is 1. The smallest absolute Gasteiger partial charge is 0.296 e. The Hall–Kier alpha value is -2.18. The number of benzene rings is 1. The number of hydrogen-bond donors (Lipinski definition) is 0. The molecule has 1 aromatic carbocycles. The van der Waals surface area contributed by atoms with Crippen LogP contribution in [0.15, 0.2) is 24.3 Å². The van der Waals surface area contributed by atoms with Gasteiger partial charge < -0.3 is 0 Å². The van der Waals surface area contributed by atoms with E-state index in [1.165, 1.54) is 12.1 Å². The highest BCUT2D eigenvalue weighted by molar-refractivity contribution is 5.74. The molecule has 0 N–H and O–H groups in total. The normalized spacial score (nSPS) is 11.6. The molecule has 0 aliphatic carbocycles. The molecule has 0 aliphatic rings.